The summed E-state index contributed by atoms with van der Waals surface area (Å²) in [5.41, 5.74) is 5.63. The van der Waals surface area contributed by atoms with Crippen LogP contribution in [-0.2, 0) is 9.59 Å². The third-order valence-electron chi connectivity index (χ3n) is 3.42. The number of hydrogen-bond donors (Lipinski definition) is 2. The normalized spacial score (nSPS) is 30.9. The Kier molecular flexibility index (Phi) is 3.14. The van der Waals surface area contributed by atoms with Gasteiger partial charge in [-0.25, -0.2) is 0 Å². The van der Waals surface area contributed by atoms with Gasteiger partial charge in [0, 0.05) is 25.6 Å². The van der Waals surface area contributed by atoms with Gasteiger partial charge in [-0.15, -0.1) is 0 Å². The van der Waals surface area contributed by atoms with Crippen molar-refractivity contribution in [1.82, 2.24) is 10.2 Å². The van der Waals surface area contributed by atoms with E-state index in [4.69, 9.17) is 5.73 Å². The van der Waals surface area contributed by atoms with Gasteiger partial charge in [0.05, 0.1) is 12.0 Å². The minimum Gasteiger partial charge on any atom is -0.354 e. The highest BCUT2D eigenvalue weighted by Crippen LogP contribution is 2.27. The van der Waals surface area contributed by atoms with E-state index in [1.807, 2.05) is 11.8 Å². The average molecular weight is 225 g/mol. The summed E-state index contributed by atoms with van der Waals surface area (Å²) in [4.78, 5) is 25.3. The lowest BCUT2D eigenvalue weighted by Gasteiger charge is -2.36. The smallest absolute Gasteiger partial charge is 0.225 e. The number of carbonyl (C=O) groups is 2. The minimum absolute atomic E-state index is 0.00535. The average Bonchev–Trinajstić information content (AvgIpc) is 2.59. The lowest BCUT2D eigenvalue weighted by molar-refractivity contribution is -0.137. The molecule has 3 N–H and O–H groups in total. The Morgan fingerprint density at radius 2 is 2.44 bits per heavy atom. The van der Waals surface area contributed by atoms with Crippen LogP contribution in [0.5, 0.6) is 0 Å². The number of nitrogens with zero attached hydrogens (tertiary/aromatic N) is 1. The molecule has 2 aliphatic heterocycles. The van der Waals surface area contributed by atoms with Crippen LogP contribution in [-0.4, -0.2) is 41.9 Å². The van der Waals surface area contributed by atoms with E-state index in [2.05, 4.69) is 5.32 Å². The van der Waals surface area contributed by atoms with E-state index in [1.165, 1.54) is 0 Å². The Bertz CT molecular complexity index is 304. The monoisotopic (exact) mass is 225 g/mol. The maximum Gasteiger partial charge on any atom is 0.225 e. The van der Waals surface area contributed by atoms with Gasteiger partial charge in [0.25, 0.3) is 0 Å². The molecule has 16 heavy (non-hydrogen) atoms. The topological polar surface area (TPSA) is 75.4 Å². The van der Waals surface area contributed by atoms with Crippen LogP contribution in [0.15, 0.2) is 0 Å². The summed E-state index contributed by atoms with van der Waals surface area (Å²) in [6.07, 6.45) is 2.19. The maximum atomic E-state index is 12.0. The fraction of sp³-hybridized carbons (Fsp3) is 0.818. The summed E-state index contributed by atoms with van der Waals surface area (Å²) >= 11 is 0. The van der Waals surface area contributed by atoms with Crippen LogP contribution in [0, 0.1) is 5.92 Å². The number of nitrogens with two attached hydrogens (primary N) is 1. The summed E-state index contributed by atoms with van der Waals surface area (Å²) in [6, 6.07) is -0.0505. The van der Waals surface area contributed by atoms with E-state index in [0.717, 1.165) is 19.4 Å². The Labute approximate surface area is 95.3 Å². The van der Waals surface area contributed by atoms with Crippen LogP contribution in [0.1, 0.15) is 26.2 Å². The quantitative estimate of drug-likeness (QED) is 0.663. The van der Waals surface area contributed by atoms with Crippen LogP contribution < -0.4 is 11.1 Å². The zero-order valence-corrected chi connectivity index (χ0v) is 9.61. The van der Waals surface area contributed by atoms with Gasteiger partial charge in [0.2, 0.25) is 11.8 Å². The molecule has 0 aromatic carbocycles. The molecule has 2 saturated heterocycles. The van der Waals surface area contributed by atoms with Crippen molar-refractivity contribution < 1.29 is 9.59 Å². The van der Waals surface area contributed by atoms with E-state index in [9.17, 15) is 9.59 Å². The molecule has 3 atom stereocenters. The second-order valence-corrected chi connectivity index (χ2v) is 4.83. The zero-order chi connectivity index (χ0) is 11.7. The van der Waals surface area contributed by atoms with Gasteiger partial charge in [-0.05, 0) is 19.8 Å². The molecule has 2 amide bonds. The highest BCUT2D eigenvalue weighted by molar-refractivity contribution is 5.84. The van der Waals surface area contributed by atoms with Gasteiger partial charge in [0.1, 0.15) is 0 Å². The molecule has 2 rings (SSSR count). The summed E-state index contributed by atoms with van der Waals surface area (Å²) in [6.45, 7) is 3.20. The Hall–Kier alpha value is -1.10. The Balaban J connectivity index is 2.04. The van der Waals surface area contributed by atoms with Crippen molar-refractivity contribution in [3.8, 4) is 0 Å². The molecule has 2 aliphatic rings. The molecule has 0 saturated carbocycles. The first-order valence-corrected chi connectivity index (χ1v) is 5.92. The molecular weight excluding hydrogens is 206 g/mol. The van der Waals surface area contributed by atoms with Crippen LogP contribution in [0.2, 0.25) is 0 Å². The molecule has 0 bridgehead atoms. The van der Waals surface area contributed by atoms with Gasteiger partial charge in [-0.1, -0.05) is 0 Å². The summed E-state index contributed by atoms with van der Waals surface area (Å²) in [7, 11) is 0. The second kappa shape index (κ2) is 4.41. The third-order valence-corrected chi connectivity index (χ3v) is 3.42. The first kappa shape index (κ1) is 11.4. The first-order valence-electron chi connectivity index (χ1n) is 5.92. The standard InChI is InChI=1S/C11H19N3O2/c1-7(12)5-10(15)14-4-2-3-8-9(14)6-13-11(8)16/h7-9H,2-6,12H2,1H3,(H,13,16). The molecule has 2 fully saturated rings. The van der Waals surface area contributed by atoms with Crippen LogP contribution in [0.25, 0.3) is 0 Å². The number of rotatable bonds is 2. The molecule has 5 nitrogen and oxygen atoms in total. The largest absolute Gasteiger partial charge is 0.354 e. The van der Waals surface area contributed by atoms with Crippen molar-refractivity contribution in [2.75, 3.05) is 13.1 Å². The lowest BCUT2D eigenvalue weighted by Crippen LogP contribution is -2.49. The molecule has 90 valence electrons. The molecular formula is C11H19N3O2. The lowest BCUT2D eigenvalue weighted by atomic mass is 9.91. The van der Waals surface area contributed by atoms with Gasteiger partial charge >= 0.3 is 0 Å². The van der Waals surface area contributed by atoms with Crippen LogP contribution in [0.3, 0.4) is 0 Å². The highest BCUT2D eigenvalue weighted by atomic mass is 16.2. The fourth-order valence-electron chi connectivity index (χ4n) is 2.65. The van der Waals surface area contributed by atoms with E-state index >= 15 is 0 Å². The van der Waals surface area contributed by atoms with Crippen molar-refractivity contribution in [1.29, 1.82) is 0 Å². The van der Waals surface area contributed by atoms with Crippen LogP contribution >= 0.6 is 0 Å². The van der Waals surface area contributed by atoms with Crippen molar-refractivity contribution in [2.24, 2.45) is 11.7 Å². The van der Waals surface area contributed by atoms with Crippen molar-refractivity contribution >= 4 is 11.8 Å². The van der Waals surface area contributed by atoms with Crippen LogP contribution in [0.4, 0.5) is 0 Å². The summed E-state index contributed by atoms with van der Waals surface area (Å²) < 4.78 is 0. The molecule has 5 heteroatoms. The van der Waals surface area contributed by atoms with E-state index in [0.29, 0.717) is 13.0 Å². The molecule has 3 unspecified atom stereocenters. The number of hydrogen-bond acceptors (Lipinski definition) is 3. The first-order chi connectivity index (χ1) is 7.59. The van der Waals surface area contributed by atoms with Gasteiger partial charge in [-0.3, -0.25) is 9.59 Å². The number of fused-ring (bicyclic) bond motifs is 1. The number of nitrogens with one attached hydrogen (secondary N) is 1. The molecule has 0 aromatic heterocycles. The number of likely N-dealkylation sites (tertiary alicyclic amines) is 1. The molecule has 2 heterocycles. The van der Waals surface area contributed by atoms with Gasteiger partial charge in [0.15, 0.2) is 0 Å². The SMILES string of the molecule is CC(N)CC(=O)N1CCCC2C(=O)NCC21. The fourth-order valence-corrected chi connectivity index (χ4v) is 2.65. The van der Waals surface area contributed by atoms with E-state index < -0.39 is 0 Å². The predicted molar refractivity (Wildman–Crippen MR) is 59.5 cm³/mol. The number of carbonyl (C=O) groups excluding carboxylic acids is 2. The van der Waals surface area contributed by atoms with Gasteiger partial charge in [-0.2, -0.15) is 0 Å². The number of piperidine rings is 1. The minimum atomic E-state index is -0.113. The van der Waals surface area contributed by atoms with Crippen molar-refractivity contribution in [2.45, 2.75) is 38.3 Å². The Morgan fingerprint density at radius 1 is 1.69 bits per heavy atom. The van der Waals surface area contributed by atoms with E-state index in [1.54, 1.807) is 0 Å². The summed E-state index contributed by atoms with van der Waals surface area (Å²) in [5, 5.41) is 2.84. The van der Waals surface area contributed by atoms with Gasteiger partial charge < -0.3 is 16.0 Å². The molecule has 0 aliphatic carbocycles. The molecule has 0 spiro atoms. The second-order valence-electron chi connectivity index (χ2n) is 4.83. The molecule has 0 radical (unpaired) electrons. The summed E-state index contributed by atoms with van der Waals surface area (Å²) in [5.74, 6) is 0.190. The number of amides is 2. The third kappa shape index (κ3) is 2.04. The Morgan fingerprint density at radius 3 is 3.12 bits per heavy atom. The predicted octanol–water partition coefficient (Wildman–Crippen LogP) is -0.539. The van der Waals surface area contributed by atoms with E-state index in [-0.39, 0.29) is 29.8 Å². The zero-order valence-electron chi connectivity index (χ0n) is 9.61. The highest BCUT2D eigenvalue weighted by Gasteiger charge is 2.42. The van der Waals surface area contributed by atoms with Crippen molar-refractivity contribution in [3.63, 3.8) is 0 Å². The van der Waals surface area contributed by atoms with Crippen molar-refractivity contribution in [3.05, 3.63) is 0 Å². The maximum absolute atomic E-state index is 12.0. The molecule has 0 aromatic rings.